The monoisotopic (exact) mass is 457 g/mol. The predicted octanol–water partition coefficient (Wildman–Crippen LogP) is 4.63. The van der Waals surface area contributed by atoms with Crippen LogP contribution in [0.2, 0.25) is 5.02 Å². The molecular weight excluding hydrogens is 446 g/mol. The van der Waals surface area contributed by atoms with Crippen LogP contribution in [0.15, 0.2) is 77.4 Å². The Kier molecular flexibility index (Phi) is 5.22. The minimum absolute atomic E-state index is 0.0716. The SMILES string of the molecule is O=C1/C(=C/c2ccc(Cl)cc2)Oc2cc(OS(=O)(=O)c3ccc([N+](=O)[O-])cc3)ccc21. The fraction of sp³-hybridized carbons (Fsp3) is 0. The first-order valence-corrected chi connectivity index (χ1v) is 10.5. The molecule has 0 amide bonds. The molecule has 0 saturated carbocycles. The number of hydrogen-bond donors (Lipinski definition) is 0. The lowest BCUT2D eigenvalue weighted by atomic mass is 10.1. The van der Waals surface area contributed by atoms with Gasteiger partial charge in [0.2, 0.25) is 5.78 Å². The van der Waals surface area contributed by atoms with Crippen molar-refractivity contribution in [1.82, 2.24) is 0 Å². The molecule has 0 radical (unpaired) electrons. The van der Waals surface area contributed by atoms with Crippen LogP contribution in [0, 0.1) is 10.1 Å². The van der Waals surface area contributed by atoms with Crippen LogP contribution in [0.3, 0.4) is 0 Å². The van der Waals surface area contributed by atoms with E-state index in [1.165, 1.54) is 18.2 Å². The Balaban J connectivity index is 1.56. The number of ketones is 1. The van der Waals surface area contributed by atoms with Gasteiger partial charge in [0.1, 0.15) is 16.4 Å². The molecule has 0 spiro atoms. The number of non-ortho nitro benzene ring substituents is 1. The van der Waals surface area contributed by atoms with Crippen LogP contribution in [0.4, 0.5) is 5.69 Å². The van der Waals surface area contributed by atoms with Crippen LogP contribution < -0.4 is 8.92 Å². The Morgan fingerprint density at radius 3 is 2.32 bits per heavy atom. The third-order valence-corrected chi connectivity index (χ3v) is 5.86. The first-order chi connectivity index (χ1) is 14.7. The van der Waals surface area contributed by atoms with Crippen molar-refractivity contribution in [2.45, 2.75) is 4.90 Å². The van der Waals surface area contributed by atoms with Gasteiger partial charge in [-0.2, -0.15) is 8.42 Å². The van der Waals surface area contributed by atoms with Crippen molar-refractivity contribution >= 4 is 39.3 Å². The van der Waals surface area contributed by atoms with Crippen molar-refractivity contribution in [3.8, 4) is 11.5 Å². The van der Waals surface area contributed by atoms with Crippen molar-refractivity contribution in [3.63, 3.8) is 0 Å². The average Bonchev–Trinajstić information content (AvgIpc) is 3.04. The molecule has 31 heavy (non-hydrogen) atoms. The van der Waals surface area contributed by atoms with E-state index in [1.807, 2.05) is 0 Å². The minimum atomic E-state index is -4.24. The average molecular weight is 458 g/mol. The van der Waals surface area contributed by atoms with E-state index in [4.69, 9.17) is 20.5 Å². The molecule has 0 aromatic heterocycles. The molecule has 1 aliphatic heterocycles. The van der Waals surface area contributed by atoms with E-state index < -0.39 is 15.0 Å². The zero-order valence-electron chi connectivity index (χ0n) is 15.5. The van der Waals surface area contributed by atoms with E-state index in [1.54, 1.807) is 30.3 Å². The van der Waals surface area contributed by atoms with Crippen LogP contribution in [0.1, 0.15) is 15.9 Å². The number of benzene rings is 3. The predicted molar refractivity (Wildman–Crippen MR) is 112 cm³/mol. The second-order valence-electron chi connectivity index (χ2n) is 6.44. The normalized spacial score (nSPS) is 14.2. The number of rotatable bonds is 5. The summed E-state index contributed by atoms with van der Waals surface area (Å²) in [7, 11) is -4.24. The van der Waals surface area contributed by atoms with Gasteiger partial charge in [0.15, 0.2) is 5.76 Å². The molecular formula is C21H12ClNO7S. The number of carbonyl (C=O) groups is 1. The molecule has 0 unspecified atom stereocenters. The highest BCUT2D eigenvalue weighted by Gasteiger charge is 2.28. The minimum Gasteiger partial charge on any atom is -0.452 e. The zero-order chi connectivity index (χ0) is 22.2. The summed E-state index contributed by atoms with van der Waals surface area (Å²) < 4.78 is 35.6. The van der Waals surface area contributed by atoms with E-state index in [2.05, 4.69) is 0 Å². The number of fused-ring (bicyclic) bond motifs is 1. The lowest BCUT2D eigenvalue weighted by Crippen LogP contribution is -2.09. The Bertz CT molecular complexity index is 1330. The van der Waals surface area contributed by atoms with Crippen LogP contribution in [-0.2, 0) is 10.1 Å². The maximum Gasteiger partial charge on any atom is 0.339 e. The van der Waals surface area contributed by atoms with Gasteiger partial charge in [-0.05, 0) is 48.0 Å². The maximum absolute atomic E-state index is 12.5. The lowest BCUT2D eigenvalue weighted by molar-refractivity contribution is -0.384. The summed E-state index contributed by atoms with van der Waals surface area (Å²) >= 11 is 5.85. The molecule has 0 fully saturated rings. The number of Topliss-reactive ketones (excluding diaryl/α,β-unsaturated/α-hetero) is 1. The van der Waals surface area contributed by atoms with Gasteiger partial charge < -0.3 is 8.92 Å². The van der Waals surface area contributed by atoms with Crippen molar-refractivity contribution in [3.05, 3.63) is 98.8 Å². The number of nitro groups is 1. The Morgan fingerprint density at radius 2 is 1.68 bits per heavy atom. The fourth-order valence-electron chi connectivity index (χ4n) is 2.84. The molecule has 4 rings (SSSR count). The summed E-state index contributed by atoms with van der Waals surface area (Å²) in [5.74, 6) is -0.193. The molecule has 1 aliphatic rings. The Hall–Kier alpha value is -3.69. The first kappa shape index (κ1) is 20.6. The number of nitrogens with zero attached hydrogens (tertiary/aromatic N) is 1. The van der Waals surface area contributed by atoms with Gasteiger partial charge in [-0.25, -0.2) is 0 Å². The van der Waals surface area contributed by atoms with E-state index in [-0.39, 0.29) is 39.2 Å². The second kappa shape index (κ2) is 7.86. The van der Waals surface area contributed by atoms with Gasteiger partial charge in [-0.1, -0.05) is 23.7 Å². The molecule has 0 N–H and O–H groups in total. The van der Waals surface area contributed by atoms with Crippen LogP contribution >= 0.6 is 11.6 Å². The van der Waals surface area contributed by atoms with E-state index in [0.717, 1.165) is 24.3 Å². The lowest BCUT2D eigenvalue weighted by Gasteiger charge is -2.07. The van der Waals surface area contributed by atoms with Crippen molar-refractivity contribution in [2.24, 2.45) is 0 Å². The molecule has 3 aromatic carbocycles. The van der Waals surface area contributed by atoms with E-state index in [9.17, 15) is 23.3 Å². The smallest absolute Gasteiger partial charge is 0.339 e. The molecule has 0 atom stereocenters. The number of allylic oxidation sites excluding steroid dienone is 1. The Labute approximate surface area is 181 Å². The first-order valence-electron chi connectivity index (χ1n) is 8.76. The molecule has 0 saturated heterocycles. The molecule has 10 heteroatoms. The van der Waals surface area contributed by atoms with E-state index in [0.29, 0.717) is 10.6 Å². The van der Waals surface area contributed by atoms with E-state index >= 15 is 0 Å². The van der Waals surface area contributed by atoms with Gasteiger partial charge in [0.25, 0.3) is 5.69 Å². The van der Waals surface area contributed by atoms with Crippen LogP contribution in [0.25, 0.3) is 6.08 Å². The summed E-state index contributed by atoms with van der Waals surface area (Å²) in [6.45, 7) is 0. The zero-order valence-corrected chi connectivity index (χ0v) is 17.1. The van der Waals surface area contributed by atoms with Gasteiger partial charge in [0, 0.05) is 23.2 Å². The number of ether oxygens (including phenoxy) is 1. The highest BCUT2D eigenvalue weighted by atomic mass is 35.5. The second-order valence-corrected chi connectivity index (χ2v) is 8.42. The number of halogens is 1. The quantitative estimate of drug-likeness (QED) is 0.237. The van der Waals surface area contributed by atoms with Crippen molar-refractivity contribution in [1.29, 1.82) is 0 Å². The molecule has 8 nitrogen and oxygen atoms in total. The summed E-state index contributed by atoms with van der Waals surface area (Å²) in [6.07, 6.45) is 1.55. The maximum atomic E-state index is 12.5. The standard InChI is InChI=1S/C21H12ClNO7S/c22-14-3-1-13(2-4-14)11-20-21(24)18-10-7-16(12-19(18)29-20)30-31(27,28)17-8-5-15(6-9-17)23(25)26/h1-12H/b20-11-. The number of hydrogen-bond acceptors (Lipinski definition) is 7. The van der Waals surface area contributed by atoms with Gasteiger partial charge >= 0.3 is 10.1 Å². The van der Waals surface area contributed by atoms with Gasteiger partial charge in [-0.15, -0.1) is 0 Å². The highest BCUT2D eigenvalue weighted by Crippen LogP contribution is 2.35. The molecule has 0 aliphatic carbocycles. The highest BCUT2D eigenvalue weighted by molar-refractivity contribution is 7.87. The summed E-state index contributed by atoms with van der Waals surface area (Å²) in [5, 5.41) is 11.3. The van der Waals surface area contributed by atoms with Crippen LogP contribution in [-0.4, -0.2) is 19.1 Å². The largest absolute Gasteiger partial charge is 0.452 e. The third kappa shape index (κ3) is 4.27. The fourth-order valence-corrected chi connectivity index (χ4v) is 3.89. The molecule has 156 valence electrons. The molecule has 1 heterocycles. The topological polar surface area (TPSA) is 113 Å². The Morgan fingerprint density at radius 1 is 1.00 bits per heavy atom. The summed E-state index contributed by atoms with van der Waals surface area (Å²) in [5.41, 5.74) is 0.724. The van der Waals surface area contributed by atoms with Crippen molar-refractivity contribution < 1.29 is 27.1 Å². The van der Waals surface area contributed by atoms with Crippen LogP contribution in [0.5, 0.6) is 11.5 Å². The summed E-state index contributed by atoms with van der Waals surface area (Å²) in [6, 6.07) is 15.1. The van der Waals surface area contributed by atoms with Crippen molar-refractivity contribution in [2.75, 3.05) is 0 Å². The third-order valence-electron chi connectivity index (χ3n) is 4.35. The van der Waals surface area contributed by atoms with Gasteiger partial charge in [0.05, 0.1) is 10.5 Å². The number of nitro benzene ring substituents is 1. The molecule has 0 bridgehead atoms. The molecule has 3 aromatic rings. The van der Waals surface area contributed by atoms with Gasteiger partial charge in [-0.3, -0.25) is 14.9 Å². The summed E-state index contributed by atoms with van der Waals surface area (Å²) in [4.78, 5) is 22.4. The number of carbonyl (C=O) groups excluding carboxylic acids is 1.